The summed E-state index contributed by atoms with van der Waals surface area (Å²) in [5, 5.41) is 2.88. The summed E-state index contributed by atoms with van der Waals surface area (Å²) in [7, 11) is 0. The quantitative estimate of drug-likeness (QED) is 0.742. The van der Waals surface area contributed by atoms with Crippen molar-refractivity contribution >= 4 is 17.5 Å². The van der Waals surface area contributed by atoms with E-state index in [0.717, 1.165) is 5.56 Å². The Balaban J connectivity index is 2.17. The second-order valence-electron chi connectivity index (χ2n) is 6.15. The number of nitrogens with two attached hydrogens (primary N) is 1. The molecule has 0 radical (unpaired) electrons. The van der Waals surface area contributed by atoms with Crippen LogP contribution in [0.25, 0.3) is 16.9 Å². The molecule has 2 amide bonds. The summed E-state index contributed by atoms with van der Waals surface area (Å²) >= 11 is 0. The Bertz CT molecular complexity index is 931. The van der Waals surface area contributed by atoms with E-state index in [1.165, 1.54) is 10.7 Å². The Morgan fingerprint density at radius 1 is 1.24 bits per heavy atom. The molecule has 0 saturated carbocycles. The highest BCUT2D eigenvalue weighted by atomic mass is 16.2. The molecule has 3 N–H and O–H groups in total. The number of fused-ring (bicyclic) bond motifs is 1. The van der Waals surface area contributed by atoms with Gasteiger partial charge >= 0.3 is 0 Å². The molecule has 1 aromatic carbocycles. The highest BCUT2D eigenvalue weighted by molar-refractivity contribution is 5.99. The number of carbonyl (C=O) groups excluding carboxylic acids is 2. The molecule has 0 aliphatic carbocycles. The third-order valence-electron chi connectivity index (χ3n) is 3.71. The summed E-state index contributed by atoms with van der Waals surface area (Å²) < 4.78 is 1.49. The monoisotopic (exact) mass is 337 g/mol. The van der Waals surface area contributed by atoms with E-state index in [1.807, 2.05) is 44.2 Å². The van der Waals surface area contributed by atoms with Gasteiger partial charge in [0.2, 0.25) is 0 Å². The standard InChI is InChI=1S/C18H19N5O2/c1-11(2)9-20-18(25)14-8-13(12-6-4-3-5-7-12)22-17-15(16(19)24)21-10-23(14)17/h3-8,10-11H,9H2,1-2H3,(H2,19,24)(H,20,25). The minimum atomic E-state index is -0.686. The molecule has 0 unspecified atom stereocenters. The number of rotatable bonds is 5. The van der Waals surface area contributed by atoms with Gasteiger partial charge in [0, 0.05) is 12.1 Å². The maximum atomic E-state index is 12.6. The second kappa shape index (κ2) is 6.72. The van der Waals surface area contributed by atoms with Crippen LogP contribution in [0, 0.1) is 5.92 Å². The predicted molar refractivity (Wildman–Crippen MR) is 94.1 cm³/mol. The number of amides is 2. The number of hydrogen-bond acceptors (Lipinski definition) is 4. The smallest absolute Gasteiger partial charge is 0.271 e. The fourth-order valence-electron chi connectivity index (χ4n) is 2.46. The molecule has 25 heavy (non-hydrogen) atoms. The van der Waals surface area contributed by atoms with Crippen molar-refractivity contribution in [3.8, 4) is 11.3 Å². The third kappa shape index (κ3) is 3.35. The van der Waals surface area contributed by atoms with E-state index in [1.54, 1.807) is 6.07 Å². The molecule has 2 aromatic heterocycles. The van der Waals surface area contributed by atoms with Gasteiger partial charge in [-0.05, 0) is 12.0 Å². The zero-order chi connectivity index (χ0) is 18.0. The van der Waals surface area contributed by atoms with Gasteiger partial charge < -0.3 is 11.1 Å². The SMILES string of the molecule is CC(C)CNC(=O)c1cc(-c2ccccc2)nc2c(C(N)=O)ncn12. The van der Waals surface area contributed by atoms with E-state index in [9.17, 15) is 9.59 Å². The summed E-state index contributed by atoms with van der Waals surface area (Å²) in [6.07, 6.45) is 1.39. The molecule has 0 atom stereocenters. The molecule has 0 aliphatic heterocycles. The number of aromatic nitrogens is 3. The summed E-state index contributed by atoms with van der Waals surface area (Å²) in [5.74, 6) is -0.626. The largest absolute Gasteiger partial charge is 0.364 e. The van der Waals surface area contributed by atoms with E-state index in [-0.39, 0.29) is 17.2 Å². The lowest BCUT2D eigenvalue weighted by molar-refractivity contribution is 0.0941. The number of primary amides is 1. The lowest BCUT2D eigenvalue weighted by Crippen LogP contribution is -2.29. The summed E-state index contributed by atoms with van der Waals surface area (Å²) in [5.41, 5.74) is 7.45. The van der Waals surface area contributed by atoms with Crippen LogP contribution in [0.5, 0.6) is 0 Å². The fourth-order valence-corrected chi connectivity index (χ4v) is 2.46. The van der Waals surface area contributed by atoms with Gasteiger partial charge in [-0.1, -0.05) is 44.2 Å². The highest BCUT2D eigenvalue weighted by Crippen LogP contribution is 2.21. The van der Waals surface area contributed by atoms with Crippen LogP contribution in [0.3, 0.4) is 0 Å². The van der Waals surface area contributed by atoms with Crippen molar-refractivity contribution in [2.24, 2.45) is 11.7 Å². The van der Waals surface area contributed by atoms with Gasteiger partial charge in [0.15, 0.2) is 11.3 Å². The number of imidazole rings is 1. The van der Waals surface area contributed by atoms with Crippen LogP contribution in [-0.4, -0.2) is 32.7 Å². The van der Waals surface area contributed by atoms with Crippen LogP contribution >= 0.6 is 0 Å². The lowest BCUT2D eigenvalue weighted by Gasteiger charge is -2.11. The minimum absolute atomic E-state index is 0.0377. The van der Waals surface area contributed by atoms with Crippen molar-refractivity contribution in [3.05, 3.63) is 54.1 Å². The van der Waals surface area contributed by atoms with Gasteiger partial charge in [0.05, 0.1) is 5.69 Å². The molecule has 0 saturated heterocycles. The van der Waals surface area contributed by atoms with Crippen LogP contribution in [0.4, 0.5) is 0 Å². The molecule has 0 aliphatic rings. The number of benzene rings is 1. The van der Waals surface area contributed by atoms with E-state index >= 15 is 0 Å². The Kier molecular flexibility index (Phi) is 4.47. The minimum Gasteiger partial charge on any atom is -0.364 e. The van der Waals surface area contributed by atoms with Crippen LogP contribution in [-0.2, 0) is 0 Å². The Hall–Kier alpha value is -3.22. The zero-order valence-electron chi connectivity index (χ0n) is 14.1. The van der Waals surface area contributed by atoms with E-state index in [4.69, 9.17) is 5.73 Å². The van der Waals surface area contributed by atoms with Gasteiger partial charge in [-0.25, -0.2) is 9.97 Å². The zero-order valence-corrected chi connectivity index (χ0v) is 14.1. The van der Waals surface area contributed by atoms with Gasteiger partial charge in [-0.15, -0.1) is 0 Å². The average molecular weight is 337 g/mol. The van der Waals surface area contributed by atoms with E-state index in [2.05, 4.69) is 15.3 Å². The van der Waals surface area contributed by atoms with Crippen LogP contribution in [0.15, 0.2) is 42.7 Å². The lowest BCUT2D eigenvalue weighted by atomic mass is 10.1. The molecule has 0 fully saturated rings. The van der Waals surface area contributed by atoms with Gasteiger partial charge in [0.25, 0.3) is 11.8 Å². The molecular formula is C18H19N5O2. The van der Waals surface area contributed by atoms with Gasteiger partial charge in [0.1, 0.15) is 12.0 Å². The van der Waals surface area contributed by atoms with Crippen LogP contribution in [0.1, 0.15) is 34.8 Å². The van der Waals surface area contributed by atoms with E-state index < -0.39 is 5.91 Å². The molecule has 7 nitrogen and oxygen atoms in total. The summed E-state index contributed by atoms with van der Waals surface area (Å²) in [4.78, 5) is 32.7. The first-order valence-corrected chi connectivity index (χ1v) is 7.99. The van der Waals surface area contributed by atoms with Crippen molar-refractivity contribution < 1.29 is 9.59 Å². The normalized spacial score (nSPS) is 11.0. The Labute approximate surface area is 144 Å². The maximum Gasteiger partial charge on any atom is 0.271 e. The number of nitrogens with zero attached hydrogens (tertiary/aromatic N) is 3. The number of hydrogen-bond donors (Lipinski definition) is 2. The first-order valence-electron chi connectivity index (χ1n) is 7.99. The molecule has 128 valence electrons. The van der Waals surface area contributed by atoms with Crippen molar-refractivity contribution in [2.75, 3.05) is 6.54 Å². The second-order valence-corrected chi connectivity index (χ2v) is 6.15. The molecule has 2 heterocycles. The van der Waals surface area contributed by atoms with Crippen molar-refractivity contribution in [3.63, 3.8) is 0 Å². The molecular weight excluding hydrogens is 318 g/mol. The van der Waals surface area contributed by atoms with Crippen LogP contribution < -0.4 is 11.1 Å². The van der Waals surface area contributed by atoms with Gasteiger partial charge in [-0.3, -0.25) is 14.0 Å². The van der Waals surface area contributed by atoms with E-state index in [0.29, 0.717) is 23.9 Å². The molecule has 3 rings (SSSR count). The van der Waals surface area contributed by atoms with Crippen LogP contribution in [0.2, 0.25) is 0 Å². The molecule has 3 aromatic rings. The maximum absolute atomic E-state index is 12.6. The molecule has 0 bridgehead atoms. The molecule has 7 heteroatoms. The Morgan fingerprint density at radius 2 is 1.96 bits per heavy atom. The fraction of sp³-hybridized carbons (Fsp3) is 0.222. The average Bonchev–Trinajstić information content (AvgIpc) is 3.03. The topological polar surface area (TPSA) is 102 Å². The number of carbonyl (C=O) groups is 2. The van der Waals surface area contributed by atoms with Gasteiger partial charge in [-0.2, -0.15) is 0 Å². The van der Waals surface area contributed by atoms with Crippen molar-refractivity contribution in [1.29, 1.82) is 0 Å². The molecule has 0 spiro atoms. The summed E-state index contributed by atoms with van der Waals surface area (Å²) in [6, 6.07) is 11.1. The Morgan fingerprint density at radius 3 is 2.60 bits per heavy atom. The number of nitrogens with one attached hydrogen (secondary N) is 1. The van der Waals surface area contributed by atoms with Crippen molar-refractivity contribution in [1.82, 2.24) is 19.7 Å². The third-order valence-corrected chi connectivity index (χ3v) is 3.71. The highest BCUT2D eigenvalue weighted by Gasteiger charge is 2.19. The summed E-state index contributed by atoms with van der Waals surface area (Å²) in [6.45, 7) is 4.57. The van der Waals surface area contributed by atoms with Crippen molar-refractivity contribution in [2.45, 2.75) is 13.8 Å². The first-order chi connectivity index (χ1) is 12.0. The predicted octanol–water partition coefficient (Wildman–Crippen LogP) is 1.88. The first kappa shape index (κ1) is 16.6.